The zero-order chi connectivity index (χ0) is 30.7. The molecule has 0 bridgehead atoms. The highest BCUT2D eigenvalue weighted by Gasteiger charge is 2.26. The summed E-state index contributed by atoms with van der Waals surface area (Å²) in [5.74, 6) is -0.363. The summed E-state index contributed by atoms with van der Waals surface area (Å²) in [6, 6.07) is 11.3. The lowest BCUT2D eigenvalue weighted by atomic mass is 9.97. The number of imidazole rings is 1. The average Bonchev–Trinajstić information content (AvgIpc) is 3.32. The third kappa shape index (κ3) is 6.28. The normalized spacial score (nSPS) is 13.2. The number of aldehydes is 1. The van der Waals surface area contributed by atoms with Crippen LogP contribution in [0.15, 0.2) is 48.7 Å². The molecule has 12 heteroatoms. The first kappa shape index (κ1) is 30.2. The molecule has 0 radical (unpaired) electrons. The number of halogens is 4. The van der Waals surface area contributed by atoms with Gasteiger partial charge >= 0.3 is 6.61 Å². The Balaban J connectivity index is 1.42. The zero-order valence-electron chi connectivity index (χ0n) is 23.5. The second-order valence-corrected chi connectivity index (χ2v) is 10.5. The van der Waals surface area contributed by atoms with Gasteiger partial charge in [0.1, 0.15) is 5.75 Å². The molecule has 0 saturated heterocycles. The molecule has 8 nitrogen and oxygen atoms in total. The van der Waals surface area contributed by atoms with Crippen LogP contribution >= 0.6 is 11.6 Å². The quantitative estimate of drug-likeness (QED) is 0.206. The van der Waals surface area contributed by atoms with Crippen molar-refractivity contribution in [1.29, 1.82) is 0 Å². The first-order chi connectivity index (χ1) is 20.7. The van der Waals surface area contributed by atoms with E-state index in [1.54, 1.807) is 24.3 Å². The number of hydrogen-bond acceptors (Lipinski definition) is 6. The molecule has 1 N–H and O–H groups in total. The minimum Gasteiger partial charge on any atom is -0.434 e. The SMILES string of the molecule is Cc1c(NC(=O)c2nc3c(n2C)CCN(CCCF)C3)cccc1-c1ccnc(-c2ccc(C=O)c(OC(F)F)c2)c1Cl. The van der Waals surface area contributed by atoms with Crippen LogP contribution in [0, 0.1) is 6.92 Å². The van der Waals surface area contributed by atoms with Gasteiger partial charge < -0.3 is 14.6 Å². The first-order valence-electron chi connectivity index (χ1n) is 13.6. The average molecular weight is 612 g/mol. The number of carbonyl (C=O) groups excluding carboxylic acids is 2. The van der Waals surface area contributed by atoms with Gasteiger partial charge in [0.05, 0.1) is 28.6 Å². The molecule has 0 unspecified atom stereocenters. The summed E-state index contributed by atoms with van der Waals surface area (Å²) in [6.45, 7) is 0.375. The van der Waals surface area contributed by atoms with Crippen LogP contribution in [-0.2, 0) is 20.0 Å². The van der Waals surface area contributed by atoms with Crippen LogP contribution in [0.2, 0.25) is 5.02 Å². The summed E-state index contributed by atoms with van der Waals surface area (Å²) in [5, 5.41) is 3.23. The van der Waals surface area contributed by atoms with Gasteiger partial charge in [0.25, 0.3) is 5.91 Å². The number of nitrogens with zero attached hydrogens (tertiary/aromatic N) is 4. The molecule has 5 rings (SSSR count). The van der Waals surface area contributed by atoms with Crippen LogP contribution in [0.5, 0.6) is 5.75 Å². The highest BCUT2D eigenvalue weighted by atomic mass is 35.5. The molecule has 0 spiro atoms. The molecular weight excluding hydrogens is 583 g/mol. The topological polar surface area (TPSA) is 89.4 Å². The Kier molecular flexibility index (Phi) is 9.12. The summed E-state index contributed by atoms with van der Waals surface area (Å²) in [7, 11) is 1.82. The molecule has 1 amide bonds. The van der Waals surface area contributed by atoms with Crippen molar-refractivity contribution in [2.45, 2.75) is 32.9 Å². The summed E-state index contributed by atoms with van der Waals surface area (Å²) in [4.78, 5) is 35.8. The van der Waals surface area contributed by atoms with E-state index in [4.69, 9.17) is 11.6 Å². The minimum absolute atomic E-state index is 0.0293. The van der Waals surface area contributed by atoms with Crippen molar-refractivity contribution in [2.75, 3.05) is 25.1 Å². The predicted octanol–water partition coefficient (Wildman–Crippen LogP) is 6.49. The lowest BCUT2D eigenvalue weighted by molar-refractivity contribution is -0.0500. The minimum atomic E-state index is -3.11. The van der Waals surface area contributed by atoms with Crippen molar-refractivity contribution >= 4 is 29.5 Å². The number of aromatic nitrogens is 3. The molecule has 0 fully saturated rings. The van der Waals surface area contributed by atoms with E-state index in [1.165, 1.54) is 18.3 Å². The number of amides is 1. The second kappa shape index (κ2) is 13.0. The molecule has 4 aromatic rings. The summed E-state index contributed by atoms with van der Waals surface area (Å²) in [5.41, 5.74) is 5.11. The highest BCUT2D eigenvalue weighted by molar-refractivity contribution is 6.35. The molecule has 1 aliphatic rings. The Bertz CT molecular complexity index is 1680. The third-order valence-electron chi connectivity index (χ3n) is 7.54. The van der Waals surface area contributed by atoms with E-state index in [0.717, 1.165) is 35.5 Å². The van der Waals surface area contributed by atoms with Crippen molar-refractivity contribution < 1.29 is 27.5 Å². The highest BCUT2D eigenvalue weighted by Crippen LogP contribution is 2.39. The summed E-state index contributed by atoms with van der Waals surface area (Å²) >= 11 is 6.81. The fourth-order valence-corrected chi connectivity index (χ4v) is 5.65. The van der Waals surface area contributed by atoms with Crippen LogP contribution in [-0.4, -0.2) is 58.0 Å². The number of fused-ring (bicyclic) bond motifs is 1. The Morgan fingerprint density at radius 2 is 2.02 bits per heavy atom. The van der Waals surface area contributed by atoms with Crippen LogP contribution < -0.4 is 10.1 Å². The van der Waals surface area contributed by atoms with Crippen LogP contribution in [0.3, 0.4) is 0 Å². The summed E-state index contributed by atoms with van der Waals surface area (Å²) < 4.78 is 44.8. The smallest absolute Gasteiger partial charge is 0.387 e. The molecule has 224 valence electrons. The maximum atomic E-state index is 13.4. The molecule has 1 aliphatic heterocycles. The monoisotopic (exact) mass is 611 g/mol. The Labute approximate surface area is 251 Å². The molecule has 2 aromatic carbocycles. The number of pyridine rings is 1. The number of ether oxygens (including phenoxy) is 1. The zero-order valence-corrected chi connectivity index (χ0v) is 24.3. The number of carbonyl (C=O) groups is 2. The van der Waals surface area contributed by atoms with E-state index in [1.807, 2.05) is 24.6 Å². The second-order valence-electron chi connectivity index (χ2n) is 10.2. The maximum Gasteiger partial charge on any atom is 0.387 e. The lowest BCUT2D eigenvalue weighted by Crippen LogP contribution is -2.32. The van der Waals surface area contributed by atoms with E-state index in [9.17, 15) is 22.8 Å². The molecule has 0 atom stereocenters. The number of alkyl halides is 3. The van der Waals surface area contributed by atoms with Gasteiger partial charge in [0.15, 0.2) is 12.1 Å². The van der Waals surface area contributed by atoms with Crippen LogP contribution in [0.25, 0.3) is 22.4 Å². The van der Waals surface area contributed by atoms with E-state index in [-0.39, 0.29) is 34.7 Å². The first-order valence-corrected chi connectivity index (χ1v) is 14.0. The summed E-state index contributed by atoms with van der Waals surface area (Å²) in [6.07, 6.45) is 3.16. The standard InChI is InChI=1S/C31H29ClF3N5O3/c1-18-21(22-9-12-36-28(27(22)32)19-7-8-20(17-41)26(15-19)43-31(34)35)5-3-6-23(18)38-30(42)29-37-24-16-40(13-4-11-33)14-10-25(24)39(29)2/h3,5-9,12,15,17,31H,4,10-11,13-14,16H2,1-2H3,(H,38,42). The number of rotatable bonds is 10. The molecule has 2 aromatic heterocycles. The van der Waals surface area contributed by atoms with Gasteiger partial charge in [-0.1, -0.05) is 29.8 Å². The molecule has 3 heterocycles. The van der Waals surface area contributed by atoms with Crippen molar-refractivity contribution in [2.24, 2.45) is 7.05 Å². The number of hydrogen-bond donors (Lipinski definition) is 1. The van der Waals surface area contributed by atoms with Gasteiger partial charge in [-0.25, -0.2) is 4.98 Å². The number of benzene rings is 2. The van der Waals surface area contributed by atoms with Crippen LogP contribution in [0.4, 0.5) is 18.9 Å². The molecular formula is C31H29ClF3N5O3. The largest absolute Gasteiger partial charge is 0.434 e. The van der Waals surface area contributed by atoms with Gasteiger partial charge in [0.2, 0.25) is 0 Å². The van der Waals surface area contributed by atoms with Crippen molar-refractivity contribution in [3.63, 3.8) is 0 Å². The third-order valence-corrected chi connectivity index (χ3v) is 7.92. The van der Waals surface area contributed by atoms with Crippen molar-refractivity contribution in [3.8, 4) is 28.1 Å². The maximum absolute atomic E-state index is 13.4. The Hall–Kier alpha value is -4.22. The Morgan fingerprint density at radius 3 is 2.77 bits per heavy atom. The van der Waals surface area contributed by atoms with Crippen molar-refractivity contribution in [1.82, 2.24) is 19.4 Å². The Morgan fingerprint density at radius 1 is 1.21 bits per heavy atom. The van der Waals surface area contributed by atoms with E-state index < -0.39 is 6.61 Å². The van der Waals surface area contributed by atoms with Gasteiger partial charge in [0, 0.05) is 61.8 Å². The van der Waals surface area contributed by atoms with E-state index in [2.05, 4.69) is 24.9 Å². The van der Waals surface area contributed by atoms with Gasteiger partial charge in [-0.2, -0.15) is 8.78 Å². The number of nitrogens with one attached hydrogen (secondary N) is 1. The van der Waals surface area contributed by atoms with Crippen molar-refractivity contribution in [3.05, 3.63) is 82.0 Å². The molecule has 0 aliphatic carbocycles. The lowest BCUT2D eigenvalue weighted by Gasteiger charge is -2.26. The van der Waals surface area contributed by atoms with Gasteiger partial charge in [-0.05, 0) is 48.7 Å². The van der Waals surface area contributed by atoms with Gasteiger partial charge in [-0.15, -0.1) is 0 Å². The molecule has 43 heavy (non-hydrogen) atoms. The van der Waals surface area contributed by atoms with Gasteiger partial charge in [-0.3, -0.25) is 23.9 Å². The van der Waals surface area contributed by atoms with E-state index in [0.29, 0.717) is 48.3 Å². The van der Waals surface area contributed by atoms with Crippen LogP contribution in [0.1, 0.15) is 44.3 Å². The fraction of sp³-hybridized carbons (Fsp3) is 0.290. The molecule has 0 saturated carbocycles. The van der Waals surface area contributed by atoms with E-state index >= 15 is 0 Å². The fourth-order valence-electron chi connectivity index (χ4n) is 5.33. The predicted molar refractivity (Wildman–Crippen MR) is 158 cm³/mol. The number of anilines is 1.